The van der Waals surface area contributed by atoms with Crippen LogP contribution in [-0.4, -0.2) is 19.5 Å². The van der Waals surface area contributed by atoms with Crippen LogP contribution in [0.3, 0.4) is 0 Å². The van der Waals surface area contributed by atoms with Crippen molar-refractivity contribution in [2.75, 3.05) is 0 Å². The van der Waals surface area contributed by atoms with Crippen molar-refractivity contribution in [3.8, 4) is 39.5 Å². The molecule has 4 aromatic heterocycles. The summed E-state index contributed by atoms with van der Waals surface area (Å²) in [5.41, 5.74) is 9.59. The number of hydrogen-bond donors (Lipinski definition) is 0. The zero-order valence-electron chi connectivity index (χ0n) is 25.0. The molecule has 227 valence electrons. The van der Waals surface area contributed by atoms with E-state index in [2.05, 4.69) is 75.2 Å². The maximum atomic E-state index is 6.49. The van der Waals surface area contributed by atoms with Crippen molar-refractivity contribution in [2.24, 2.45) is 0 Å². The number of pyridine rings is 2. The van der Waals surface area contributed by atoms with Gasteiger partial charge in [0.05, 0.1) is 28.6 Å². The number of furan rings is 1. The summed E-state index contributed by atoms with van der Waals surface area (Å²) < 4.78 is 8.61. The fourth-order valence-corrected chi connectivity index (χ4v) is 5.72. The van der Waals surface area contributed by atoms with Crippen molar-refractivity contribution < 1.29 is 24.5 Å². The molecule has 9 aromatic rings. The molecular formula is C41H26IrN4O-2. The fourth-order valence-electron chi connectivity index (χ4n) is 5.72. The maximum absolute atomic E-state index is 6.49. The monoisotopic (exact) mass is 783 g/mol. The number of imidazole rings is 1. The molecule has 0 aliphatic carbocycles. The second-order valence-corrected chi connectivity index (χ2v) is 10.7. The first-order valence-corrected chi connectivity index (χ1v) is 15.0. The molecular weight excluding hydrogens is 757 g/mol. The summed E-state index contributed by atoms with van der Waals surface area (Å²) in [6.07, 6.45) is 5.41. The maximum Gasteiger partial charge on any atom is 0.121 e. The zero-order chi connectivity index (χ0) is 30.7. The molecule has 0 atom stereocenters. The first-order chi connectivity index (χ1) is 22.8. The topological polar surface area (TPSA) is 56.7 Å². The smallest absolute Gasteiger partial charge is 0.121 e. The minimum Gasteiger partial charge on any atom is -0.501 e. The molecule has 5 aromatic carbocycles. The van der Waals surface area contributed by atoms with Crippen LogP contribution in [0.25, 0.3) is 72.4 Å². The number of nitrogens with zero attached hydrogens (tertiary/aromatic N) is 4. The first kappa shape index (κ1) is 30.0. The van der Waals surface area contributed by atoms with Crippen LogP contribution in [-0.2, 0) is 20.1 Å². The SMILES string of the molecule is [Ir].[c-]1ccc2c(oc3cc(-c4ccccc4)ccc32)c1-c1nc2ccncc2n1-c1ccccc1.[c-]1ccccc1-c1ccccn1. The molecule has 0 fully saturated rings. The Kier molecular flexibility index (Phi) is 8.52. The molecule has 9 rings (SSSR count). The third-order valence-corrected chi connectivity index (χ3v) is 7.88. The van der Waals surface area contributed by atoms with Crippen molar-refractivity contribution in [3.05, 3.63) is 170 Å². The van der Waals surface area contributed by atoms with E-state index in [0.29, 0.717) is 0 Å². The summed E-state index contributed by atoms with van der Waals surface area (Å²) in [7, 11) is 0. The van der Waals surface area contributed by atoms with Gasteiger partial charge in [0.15, 0.2) is 0 Å². The Hall–Kier alpha value is -5.68. The van der Waals surface area contributed by atoms with Crippen molar-refractivity contribution in [1.82, 2.24) is 19.5 Å². The third kappa shape index (κ3) is 5.88. The van der Waals surface area contributed by atoms with E-state index in [4.69, 9.17) is 9.40 Å². The molecule has 0 amide bonds. The normalized spacial score (nSPS) is 10.8. The minimum atomic E-state index is 0. The van der Waals surface area contributed by atoms with E-state index in [0.717, 1.165) is 72.4 Å². The average Bonchev–Trinajstić information content (AvgIpc) is 3.72. The molecule has 0 N–H and O–H groups in total. The Bertz CT molecular complexity index is 2370. The van der Waals surface area contributed by atoms with Gasteiger partial charge in [-0.15, -0.1) is 54.1 Å². The van der Waals surface area contributed by atoms with E-state index in [1.165, 1.54) is 0 Å². The van der Waals surface area contributed by atoms with Gasteiger partial charge in [0.2, 0.25) is 0 Å². The Morgan fingerprint density at radius 3 is 2.23 bits per heavy atom. The van der Waals surface area contributed by atoms with E-state index in [9.17, 15) is 0 Å². The van der Waals surface area contributed by atoms with Crippen LogP contribution in [0.2, 0.25) is 0 Å². The van der Waals surface area contributed by atoms with Gasteiger partial charge in [-0.25, -0.2) is 0 Å². The van der Waals surface area contributed by atoms with Crippen LogP contribution < -0.4 is 0 Å². The van der Waals surface area contributed by atoms with Crippen LogP contribution >= 0.6 is 0 Å². The number of hydrogen-bond acceptors (Lipinski definition) is 4. The van der Waals surface area contributed by atoms with E-state index >= 15 is 0 Å². The molecule has 0 saturated heterocycles. The molecule has 0 bridgehead atoms. The van der Waals surface area contributed by atoms with Crippen LogP contribution in [0, 0.1) is 12.1 Å². The molecule has 5 nitrogen and oxygen atoms in total. The number of fused-ring (bicyclic) bond motifs is 4. The van der Waals surface area contributed by atoms with Crippen LogP contribution in [0.1, 0.15) is 0 Å². The van der Waals surface area contributed by atoms with Gasteiger partial charge in [0.25, 0.3) is 0 Å². The van der Waals surface area contributed by atoms with E-state index in [1.54, 1.807) is 12.4 Å². The zero-order valence-corrected chi connectivity index (χ0v) is 27.4. The average molecular weight is 783 g/mol. The second-order valence-electron chi connectivity index (χ2n) is 10.7. The van der Waals surface area contributed by atoms with E-state index < -0.39 is 0 Å². The summed E-state index contributed by atoms with van der Waals surface area (Å²) in [6, 6.07) is 53.1. The Morgan fingerprint density at radius 2 is 1.45 bits per heavy atom. The molecule has 4 heterocycles. The van der Waals surface area contributed by atoms with Gasteiger partial charge < -0.3 is 14.0 Å². The van der Waals surface area contributed by atoms with Crippen LogP contribution in [0.4, 0.5) is 0 Å². The third-order valence-electron chi connectivity index (χ3n) is 7.88. The van der Waals surface area contributed by atoms with Gasteiger partial charge in [-0.3, -0.25) is 9.97 Å². The number of para-hydroxylation sites is 1. The summed E-state index contributed by atoms with van der Waals surface area (Å²) in [5.74, 6) is 0.780. The van der Waals surface area contributed by atoms with Gasteiger partial charge in [0.1, 0.15) is 5.58 Å². The Morgan fingerprint density at radius 1 is 0.638 bits per heavy atom. The first-order valence-electron chi connectivity index (χ1n) is 15.0. The molecule has 0 spiro atoms. The molecule has 6 heteroatoms. The van der Waals surface area contributed by atoms with Crippen molar-refractivity contribution in [3.63, 3.8) is 0 Å². The summed E-state index contributed by atoms with van der Waals surface area (Å²) in [4.78, 5) is 13.5. The van der Waals surface area contributed by atoms with Gasteiger partial charge in [-0.05, 0) is 47.2 Å². The van der Waals surface area contributed by atoms with Crippen LogP contribution in [0.5, 0.6) is 0 Å². The summed E-state index contributed by atoms with van der Waals surface area (Å²) >= 11 is 0. The molecule has 0 aliphatic heterocycles. The van der Waals surface area contributed by atoms with E-state index in [-0.39, 0.29) is 20.1 Å². The molecule has 1 radical (unpaired) electrons. The molecule has 0 unspecified atom stereocenters. The predicted molar refractivity (Wildman–Crippen MR) is 184 cm³/mol. The van der Waals surface area contributed by atoms with Crippen molar-refractivity contribution in [1.29, 1.82) is 0 Å². The van der Waals surface area contributed by atoms with Gasteiger partial charge in [0, 0.05) is 43.6 Å². The van der Waals surface area contributed by atoms with Gasteiger partial charge in [-0.1, -0.05) is 83.7 Å². The van der Waals surface area contributed by atoms with Crippen molar-refractivity contribution >= 4 is 33.0 Å². The van der Waals surface area contributed by atoms with Crippen LogP contribution in [0.15, 0.2) is 163 Å². The van der Waals surface area contributed by atoms with Gasteiger partial charge >= 0.3 is 0 Å². The van der Waals surface area contributed by atoms with Gasteiger partial charge in [-0.2, -0.15) is 0 Å². The Labute approximate surface area is 285 Å². The molecule has 0 saturated carbocycles. The summed E-state index contributed by atoms with van der Waals surface area (Å²) in [6.45, 7) is 0. The molecule has 0 aliphatic rings. The minimum absolute atomic E-state index is 0. The number of benzene rings is 5. The largest absolute Gasteiger partial charge is 0.501 e. The Balaban J connectivity index is 0.000000228. The summed E-state index contributed by atoms with van der Waals surface area (Å²) in [5, 5.41) is 2.13. The fraction of sp³-hybridized carbons (Fsp3) is 0. The number of rotatable bonds is 4. The second kappa shape index (κ2) is 13.4. The predicted octanol–water partition coefficient (Wildman–Crippen LogP) is 10.0. The number of aromatic nitrogens is 4. The van der Waals surface area contributed by atoms with E-state index in [1.807, 2.05) is 97.2 Å². The standard InChI is InChI=1S/C30H18N3O.C11H8N.Ir/c1-3-8-20(9-4-1)21-14-15-23-24-12-7-13-25(29(24)34-28(23)18-21)30-32-26-16-17-31-19-27(26)33(30)22-10-5-2-6-11-22;1-2-6-10(7-3-1)11-8-4-5-9-12-11;/h1-12,14-19H;1-6,8-9H;/q2*-1;. The molecule has 47 heavy (non-hydrogen) atoms. The van der Waals surface area contributed by atoms with Crippen molar-refractivity contribution in [2.45, 2.75) is 0 Å². The quantitative estimate of drug-likeness (QED) is 0.167.